The van der Waals surface area contributed by atoms with E-state index in [1.54, 1.807) is 13.8 Å². The van der Waals surface area contributed by atoms with Gasteiger partial charge in [-0.1, -0.05) is 38.8 Å². The number of rotatable bonds is 10. The zero-order chi connectivity index (χ0) is 22.1. The van der Waals surface area contributed by atoms with Crippen molar-refractivity contribution in [3.63, 3.8) is 0 Å². The van der Waals surface area contributed by atoms with Crippen molar-refractivity contribution in [1.82, 2.24) is 10.6 Å². The molecule has 1 unspecified atom stereocenters. The summed E-state index contributed by atoms with van der Waals surface area (Å²) in [5.41, 5.74) is -0.438. The Kier molecular flexibility index (Phi) is 9.54. The SMILES string of the molecule is CCCC(C)NC(=O)COC(=O)[C@@H](NC(=O)c1ccc(Cl)c([N+](=O)[O-])c1)C(C)C. The number of halogens is 1. The molecule has 1 rings (SSSR count). The summed E-state index contributed by atoms with van der Waals surface area (Å²) in [6.45, 7) is 6.78. The molecule has 0 saturated carbocycles. The standard InChI is InChI=1S/C19H26ClN3O6/c1-5-6-12(4)21-16(24)10-29-19(26)17(11(2)3)22-18(25)13-7-8-14(20)15(9-13)23(27)28/h7-9,11-12,17H,5-6,10H2,1-4H3,(H,21,24)(H,22,25)/t12?,17-/m0/s1. The number of nitrogens with zero attached hydrogens (tertiary/aromatic N) is 1. The first-order chi connectivity index (χ1) is 13.6. The third kappa shape index (κ3) is 7.69. The largest absolute Gasteiger partial charge is 0.454 e. The van der Waals surface area contributed by atoms with Crippen LogP contribution in [0.5, 0.6) is 0 Å². The maximum absolute atomic E-state index is 12.4. The highest BCUT2D eigenvalue weighted by Crippen LogP contribution is 2.25. The summed E-state index contributed by atoms with van der Waals surface area (Å²) in [6, 6.07) is 2.52. The maximum atomic E-state index is 12.4. The van der Waals surface area contributed by atoms with Crippen molar-refractivity contribution in [1.29, 1.82) is 0 Å². The predicted octanol–water partition coefficient (Wildman–Crippen LogP) is 2.85. The summed E-state index contributed by atoms with van der Waals surface area (Å²) < 4.78 is 5.03. The van der Waals surface area contributed by atoms with Crippen LogP contribution in [-0.4, -0.2) is 41.4 Å². The number of nitrogens with one attached hydrogen (secondary N) is 2. The van der Waals surface area contributed by atoms with Crippen LogP contribution < -0.4 is 10.6 Å². The monoisotopic (exact) mass is 427 g/mol. The van der Waals surface area contributed by atoms with Crippen molar-refractivity contribution in [3.8, 4) is 0 Å². The fourth-order valence-electron chi connectivity index (χ4n) is 2.56. The number of benzene rings is 1. The maximum Gasteiger partial charge on any atom is 0.329 e. The van der Waals surface area contributed by atoms with E-state index in [-0.39, 0.29) is 22.5 Å². The molecule has 2 atom stereocenters. The van der Waals surface area contributed by atoms with Gasteiger partial charge in [0.05, 0.1) is 4.92 Å². The lowest BCUT2D eigenvalue weighted by molar-refractivity contribution is -0.384. The van der Waals surface area contributed by atoms with Gasteiger partial charge < -0.3 is 15.4 Å². The minimum atomic E-state index is -1.03. The minimum absolute atomic E-state index is 0.0225. The van der Waals surface area contributed by atoms with Crippen LogP contribution in [0.2, 0.25) is 5.02 Å². The number of esters is 1. The van der Waals surface area contributed by atoms with E-state index in [1.165, 1.54) is 12.1 Å². The van der Waals surface area contributed by atoms with Gasteiger partial charge in [-0.05, 0) is 31.4 Å². The molecule has 0 aliphatic rings. The first kappa shape index (κ1) is 24.4. The molecule has 0 aromatic heterocycles. The molecule has 29 heavy (non-hydrogen) atoms. The number of ether oxygens (including phenoxy) is 1. The zero-order valence-electron chi connectivity index (χ0n) is 16.9. The molecule has 2 amide bonds. The third-order valence-electron chi connectivity index (χ3n) is 4.09. The van der Waals surface area contributed by atoms with Gasteiger partial charge in [-0.3, -0.25) is 19.7 Å². The molecule has 160 valence electrons. The van der Waals surface area contributed by atoms with Crippen LogP contribution in [0.15, 0.2) is 18.2 Å². The smallest absolute Gasteiger partial charge is 0.329 e. The molecule has 1 aromatic rings. The number of nitro benzene ring substituents is 1. The van der Waals surface area contributed by atoms with Gasteiger partial charge in [0.25, 0.3) is 17.5 Å². The van der Waals surface area contributed by atoms with Gasteiger partial charge in [0, 0.05) is 17.7 Å². The Morgan fingerprint density at radius 3 is 2.41 bits per heavy atom. The molecule has 0 aliphatic heterocycles. The molecule has 0 bridgehead atoms. The second-order valence-corrected chi connectivity index (χ2v) is 7.39. The second kappa shape index (κ2) is 11.4. The molecule has 2 N–H and O–H groups in total. The van der Waals surface area contributed by atoms with Crippen molar-refractivity contribution in [3.05, 3.63) is 38.9 Å². The number of carbonyl (C=O) groups excluding carboxylic acids is 3. The molecule has 0 radical (unpaired) electrons. The lowest BCUT2D eigenvalue weighted by atomic mass is 10.0. The fraction of sp³-hybridized carbons (Fsp3) is 0.526. The van der Waals surface area contributed by atoms with E-state index in [9.17, 15) is 24.5 Å². The number of amides is 2. The molecule has 10 heteroatoms. The average molecular weight is 428 g/mol. The van der Waals surface area contributed by atoms with Crippen molar-refractivity contribution in [2.45, 2.75) is 52.6 Å². The normalized spacial score (nSPS) is 12.8. The Bertz CT molecular complexity index is 768. The van der Waals surface area contributed by atoms with Crippen LogP contribution in [0.3, 0.4) is 0 Å². The summed E-state index contributed by atoms with van der Waals surface area (Å²) >= 11 is 5.74. The van der Waals surface area contributed by atoms with Gasteiger partial charge in [0.2, 0.25) is 0 Å². The number of hydrogen-bond acceptors (Lipinski definition) is 6. The van der Waals surface area contributed by atoms with E-state index in [0.29, 0.717) is 0 Å². The second-order valence-electron chi connectivity index (χ2n) is 6.98. The highest BCUT2D eigenvalue weighted by atomic mass is 35.5. The Balaban J connectivity index is 2.76. The van der Waals surface area contributed by atoms with Gasteiger partial charge in [-0.2, -0.15) is 0 Å². The Labute approximate surface area is 174 Å². The van der Waals surface area contributed by atoms with Gasteiger partial charge >= 0.3 is 5.97 Å². The molecular weight excluding hydrogens is 402 g/mol. The van der Waals surface area contributed by atoms with Gasteiger partial charge in [0.1, 0.15) is 11.1 Å². The molecule has 0 heterocycles. The molecule has 1 aromatic carbocycles. The number of nitro groups is 1. The fourth-order valence-corrected chi connectivity index (χ4v) is 2.75. The molecule has 0 spiro atoms. The van der Waals surface area contributed by atoms with Crippen LogP contribution in [0, 0.1) is 16.0 Å². The van der Waals surface area contributed by atoms with E-state index in [2.05, 4.69) is 10.6 Å². The van der Waals surface area contributed by atoms with E-state index in [4.69, 9.17) is 16.3 Å². The van der Waals surface area contributed by atoms with E-state index < -0.39 is 41.0 Å². The Morgan fingerprint density at radius 2 is 1.86 bits per heavy atom. The summed E-state index contributed by atoms with van der Waals surface area (Å²) in [6.07, 6.45) is 1.71. The first-order valence-electron chi connectivity index (χ1n) is 9.27. The van der Waals surface area contributed by atoms with Crippen LogP contribution in [0.4, 0.5) is 5.69 Å². The topological polar surface area (TPSA) is 128 Å². The molecular formula is C19H26ClN3O6. The van der Waals surface area contributed by atoms with E-state index >= 15 is 0 Å². The molecule has 0 saturated heterocycles. The lowest BCUT2D eigenvalue weighted by Crippen LogP contribution is -2.46. The van der Waals surface area contributed by atoms with Crippen LogP contribution in [-0.2, 0) is 14.3 Å². The van der Waals surface area contributed by atoms with E-state index in [0.717, 1.165) is 18.9 Å². The van der Waals surface area contributed by atoms with Crippen molar-refractivity contribution in [2.75, 3.05) is 6.61 Å². The zero-order valence-corrected chi connectivity index (χ0v) is 17.6. The Hall–Kier alpha value is -2.68. The predicted molar refractivity (Wildman–Crippen MR) is 108 cm³/mol. The van der Waals surface area contributed by atoms with E-state index in [1.807, 2.05) is 13.8 Å². The molecule has 0 fully saturated rings. The summed E-state index contributed by atoms with van der Waals surface area (Å²) in [5, 5.41) is 16.1. The van der Waals surface area contributed by atoms with Gasteiger partial charge in [-0.15, -0.1) is 0 Å². The summed E-state index contributed by atoms with van der Waals surface area (Å²) in [7, 11) is 0. The van der Waals surface area contributed by atoms with Gasteiger partial charge in [0.15, 0.2) is 6.61 Å². The molecule has 9 nitrogen and oxygen atoms in total. The lowest BCUT2D eigenvalue weighted by Gasteiger charge is -2.21. The highest BCUT2D eigenvalue weighted by molar-refractivity contribution is 6.32. The quantitative estimate of drug-likeness (QED) is 0.335. The number of hydrogen-bond donors (Lipinski definition) is 2. The molecule has 0 aliphatic carbocycles. The van der Waals surface area contributed by atoms with Crippen LogP contribution in [0.25, 0.3) is 0 Å². The Morgan fingerprint density at radius 1 is 1.21 bits per heavy atom. The van der Waals surface area contributed by atoms with Gasteiger partial charge in [-0.25, -0.2) is 4.79 Å². The summed E-state index contributed by atoms with van der Waals surface area (Å²) in [5.74, 6) is -2.23. The minimum Gasteiger partial charge on any atom is -0.454 e. The van der Waals surface area contributed by atoms with Crippen molar-refractivity contribution in [2.24, 2.45) is 5.92 Å². The average Bonchev–Trinajstić information content (AvgIpc) is 2.63. The highest BCUT2D eigenvalue weighted by Gasteiger charge is 2.27. The third-order valence-corrected chi connectivity index (χ3v) is 4.41. The first-order valence-corrected chi connectivity index (χ1v) is 9.65. The number of carbonyl (C=O) groups is 3. The van der Waals surface area contributed by atoms with Crippen LogP contribution in [0.1, 0.15) is 50.9 Å². The van der Waals surface area contributed by atoms with Crippen molar-refractivity contribution >= 4 is 35.1 Å². The van der Waals surface area contributed by atoms with Crippen molar-refractivity contribution < 1.29 is 24.0 Å². The summed E-state index contributed by atoms with van der Waals surface area (Å²) in [4.78, 5) is 46.9. The van der Waals surface area contributed by atoms with Crippen LogP contribution >= 0.6 is 11.6 Å².